The molecule has 0 saturated carbocycles. The van der Waals surface area contributed by atoms with Crippen LogP contribution in [0.4, 0.5) is 4.79 Å². The third-order valence-electron chi connectivity index (χ3n) is 5.04. The zero-order chi connectivity index (χ0) is 22.6. The van der Waals surface area contributed by atoms with E-state index in [1.165, 1.54) is 0 Å². The van der Waals surface area contributed by atoms with E-state index in [0.29, 0.717) is 36.1 Å². The van der Waals surface area contributed by atoms with Crippen LogP contribution >= 0.6 is 23.2 Å². The van der Waals surface area contributed by atoms with E-state index in [9.17, 15) is 9.59 Å². The number of nitrogens with one attached hydrogen (secondary N) is 2. The third-order valence-corrected chi connectivity index (χ3v) is 5.66. The highest BCUT2D eigenvalue weighted by Crippen LogP contribution is 2.22. The van der Waals surface area contributed by atoms with Crippen LogP contribution in [0, 0.1) is 0 Å². The first-order valence-corrected chi connectivity index (χ1v) is 11.1. The van der Waals surface area contributed by atoms with Gasteiger partial charge in [-0.05, 0) is 55.6 Å². The first-order valence-electron chi connectivity index (χ1n) is 10.3. The lowest BCUT2D eigenvalue weighted by molar-refractivity contribution is -0.137. The first kappa shape index (κ1) is 25.0. The summed E-state index contributed by atoms with van der Waals surface area (Å²) >= 11 is 12.1. The number of carbonyl (C=O) groups is 2. The van der Waals surface area contributed by atoms with Crippen LogP contribution in [-0.2, 0) is 11.3 Å². The van der Waals surface area contributed by atoms with Crippen LogP contribution < -0.4 is 10.6 Å². The molecule has 1 atom stereocenters. The van der Waals surface area contributed by atoms with Crippen molar-refractivity contribution in [2.45, 2.75) is 38.8 Å². The molecule has 2 amide bonds. The van der Waals surface area contributed by atoms with E-state index in [4.69, 9.17) is 28.3 Å². The van der Waals surface area contributed by atoms with Gasteiger partial charge in [-0.15, -0.1) is 0 Å². The van der Waals surface area contributed by atoms with Gasteiger partial charge in [0.25, 0.3) is 0 Å². The van der Waals surface area contributed by atoms with Gasteiger partial charge < -0.3 is 15.7 Å². The summed E-state index contributed by atoms with van der Waals surface area (Å²) in [6, 6.07) is 14.9. The molecular weight excluding hydrogens is 437 g/mol. The van der Waals surface area contributed by atoms with Gasteiger partial charge in [0.1, 0.15) is 0 Å². The summed E-state index contributed by atoms with van der Waals surface area (Å²) in [5, 5.41) is 15.9. The lowest BCUT2D eigenvalue weighted by Crippen LogP contribution is -2.37. The standard InChI is InChI=1S/C23H29Cl2N3O3/c1-17(18-9-11-20(24)12-10-18)28(14-4-8-22(29)30)15-5-13-26-23(31)27-16-19-6-2-3-7-21(19)25/h2-3,6-7,9-12,17H,4-5,8,13-16H2,1H3,(H,29,30)(H2,26,27,31). The number of carboxylic acids is 1. The van der Waals surface area contributed by atoms with Gasteiger partial charge in [-0.25, -0.2) is 4.79 Å². The van der Waals surface area contributed by atoms with E-state index in [2.05, 4.69) is 22.5 Å². The van der Waals surface area contributed by atoms with Crippen molar-refractivity contribution in [3.05, 3.63) is 69.7 Å². The summed E-state index contributed by atoms with van der Waals surface area (Å²) in [4.78, 5) is 25.2. The maximum atomic E-state index is 12.0. The average molecular weight is 466 g/mol. The van der Waals surface area contributed by atoms with E-state index in [1.54, 1.807) is 6.07 Å². The van der Waals surface area contributed by atoms with Crippen LogP contribution in [0.2, 0.25) is 10.0 Å². The number of urea groups is 1. The summed E-state index contributed by atoms with van der Waals surface area (Å²) in [7, 11) is 0. The van der Waals surface area contributed by atoms with Gasteiger partial charge in [0.15, 0.2) is 0 Å². The van der Waals surface area contributed by atoms with E-state index in [-0.39, 0.29) is 18.5 Å². The normalized spacial score (nSPS) is 11.9. The largest absolute Gasteiger partial charge is 0.481 e. The van der Waals surface area contributed by atoms with Gasteiger partial charge >= 0.3 is 12.0 Å². The molecule has 0 aliphatic rings. The predicted octanol–water partition coefficient (Wildman–Crippen LogP) is 5.11. The lowest BCUT2D eigenvalue weighted by Gasteiger charge is -2.29. The fraction of sp³-hybridized carbons (Fsp3) is 0.391. The van der Waals surface area contributed by atoms with E-state index in [0.717, 1.165) is 24.1 Å². The molecule has 8 heteroatoms. The molecule has 168 valence electrons. The van der Waals surface area contributed by atoms with Gasteiger partial charge in [0.05, 0.1) is 0 Å². The first-order chi connectivity index (χ1) is 14.9. The molecule has 3 N–H and O–H groups in total. The van der Waals surface area contributed by atoms with Gasteiger partial charge in [-0.2, -0.15) is 0 Å². The number of aliphatic carboxylic acids is 1. The van der Waals surface area contributed by atoms with E-state index in [1.807, 2.05) is 42.5 Å². The molecule has 1 unspecified atom stereocenters. The Labute approximate surface area is 193 Å². The van der Waals surface area contributed by atoms with Crippen LogP contribution in [-0.4, -0.2) is 41.6 Å². The number of nitrogens with zero attached hydrogens (tertiary/aromatic N) is 1. The summed E-state index contributed by atoms with van der Waals surface area (Å²) in [6.45, 7) is 4.36. The molecule has 0 radical (unpaired) electrons. The molecule has 2 aromatic rings. The Hall–Kier alpha value is -2.28. The monoisotopic (exact) mass is 465 g/mol. The lowest BCUT2D eigenvalue weighted by atomic mass is 10.1. The highest BCUT2D eigenvalue weighted by molar-refractivity contribution is 6.31. The predicted molar refractivity (Wildman–Crippen MR) is 125 cm³/mol. The minimum Gasteiger partial charge on any atom is -0.481 e. The summed E-state index contributed by atoms with van der Waals surface area (Å²) < 4.78 is 0. The Bertz CT molecular complexity index is 846. The molecule has 0 bridgehead atoms. The maximum Gasteiger partial charge on any atom is 0.315 e. The Morgan fingerprint density at radius 3 is 2.35 bits per heavy atom. The molecule has 0 saturated heterocycles. The number of carboxylic acid groups (broad SMARTS) is 1. The van der Waals surface area contributed by atoms with Crippen LogP contribution in [0.15, 0.2) is 48.5 Å². The Morgan fingerprint density at radius 1 is 1.00 bits per heavy atom. The molecule has 0 heterocycles. The zero-order valence-electron chi connectivity index (χ0n) is 17.6. The van der Waals surface area contributed by atoms with Crippen molar-refractivity contribution >= 4 is 35.2 Å². The van der Waals surface area contributed by atoms with Crippen molar-refractivity contribution < 1.29 is 14.7 Å². The van der Waals surface area contributed by atoms with E-state index >= 15 is 0 Å². The van der Waals surface area contributed by atoms with E-state index < -0.39 is 5.97 Å². The number of rotatable bonds is 12. The van der Waals surface area contributed by atoms with Crippen molar-refractivity contribution in [1.82, 2.24) is 15.5 Å². The van der Waals surface area contributed by atoms with Crippen molar-refractivity contribution in [3.8, 4) is 0 Å². The highest BCUT2D eigenvalue weighted by Gasteiger charge is 2.16. The number of hydrogen-bond donors (Lipinski definition) is 3. The van der Waals surface area contributed by atoms with Gasteiger partial charge in [-0.3, -0.25) is 9.69 Å². The molecular formula is C23H29Cl2N3O3. The summed E-state index contributed by atoms with van der Waals surface area (Å²) in [6.07, 6.45) is 1.44. The van der Waals surface area contributed by atoms with Crippen molar-refractivity contribution in [2.24, 2.45) is 0 Å². The molecule has 2 rings (SSSR count). The minimum absolute atomic E-state index is 0.111. The number of carbonyl (C=O) groups excluding carboxylic acids is 1. The molecule has 0 aliphatic heterocycles. The van der Waals surface area contributed by atoms with Crippen LogP contribution in [0.3, 0.4) is 0 Å². The number of hydrogen-bond acceptors (Lipinski definition) is 3. The second kappa shape index (κ2) is 13.2. The topological polar surface area (TPSA) is 81.7 Å². The van der Waals surface area contributed by atoms with Crippen molar-refractivity contribution in [1.29, 1.82) is 0 Å². The van der Waals surface area contributed by atoms with Gasteiger partial charge in [-0.1, -0.05) is 53.5 Å². The SMILES string of the molecule is CC(c1ccc(Cl)cc1)N(CCCNC(=O)NCc1ccccc1Cl)CCCC(=O)O. The second-order valence-corrected chi connectivity index (χ2v) is 8.16. The zero-order valence-corrected chi connectivity index (χ0v) is 19.1. The number of amides is 2. The summed E-state index contributed by atoms with van der Waals surface area (Å²) in [5.74, 6) is -0.795. The average Bonchev–Trinajstić information content (AvgIpc) is 2.74. The minimum atomic E-state index is -0.795. The molecule has 0 aliphatic carbocycles. The Balaban J connectivity index is 1.80. The summed E-state index contributed by atoms with van der Waals surface area (Å²) in [5.41, 5.74) is 1.98. The number of halogens is 2. The molecule has 31 heavy (non-hydrogen) atoms. The third kappa shape index (κ3) is 9.17. The smallest absolute Gasteiger partial charge is 0.315 e. The van der Waals surface area contributed by atoms with Crippen LogP contribution in [0.5, 0.6) is 0 Å². The molecule has 0 spiro atoms. The quantitative estimate of drug-likeness (QED) is 0.380. The molecule has 0 fully saturated rings. The van der Waals surface area contributed by atoms with Crippen molar-refractivity contribution in [3.63, 3.8) is 0 Å². The Kier molecular flexibility index (Phi) is 10.6. The fourth-order valence-electron chi connectivity index (χ4n) is 3.25. The van der Waals surface area contributed by atoms with Crippen LogP contribution in [0.1, 0.15) is 43.4 Å². The highest BCUT2D eigenvalue weighted by atomic mass is 35.5. The van der Waals surface area contributed by atoms with Gasteiger partial charge in [0.2, 0.25) is 0 Å². The number of benzene rings is 2. The van der Waals surface area contributed by atoms with Crippen LogP contribution in [0.25, 0.3) is 0 Å². The Morgan fingerprint density at radius 2 is 1.68 bits per heavy atom. The fourth-order valence-corrected chi connectivity index (χ4v) is 3.58. The molecule has 6 nitrogen and oxygen atoms in total. The maximum absolute atomic E-state index is 12.0. The second-order valence-electron chi connectivity index (χ2n) is 7.32. The van der Waals surface area contributed by atoms with Crippen molar-refractivity contribution in [2.75, 3.05) is 19.6 Å². The molecule has 0 aromatic heterocycles. The van der Waals surface area contributed by atoms with Gasteiger partial charge in [0, 0.05) is 42.1 Å². The molecule has 2 aromatic carbocycles.